The average molecular weight is 405 g/mol. The first-order valence-corrected chi connectivity index (χ1v) is 9.96. The van der Waals surface area contributed by atoms with E-state index in [1.54, 1.807) is 48.8 Å². The lowest BCUT2D eigenvalue weighted by molar-refractivity contribution is -0.117. The van der Waals surface area contributed by atoms with E-state index in [4.69, 9.17) is 10.00 Å². The number of rotatable bonds is 5. The Morgan fingerprint density at radius 1 is 1.27 bits per heavy atom. The number of nitriles is 1. The van der Waals surface area contributed by atoms with Crippen molar-refractivity contribution in [2.45, 2.75) is 19.0 Å². The highest BCUT2D eigenvalue weighted by atomic mass is 16.5. The van der Waals surface area contributed by atoms with E-state index in [1.807, 2.05) is 0 Å². The van der Waals surface area contributed by atoms with Gasteiger partial charge < -0.3 is 15.4 Å². The molecular weight excluding hydrogens is 382 g/mol. The van der Waals surface area contributed by atoms with Crippen LogP contribution in [0.3, 0.4) is 0 Å². The summed E-state index contributed by atoms with van der Waals surface area (Å²) >= 11 is 0. The molecule has 1 fully saturated rings. The van der Waals surface area contributed by atoms with Gasteiger partial charge in [0.05, 0.1) is 22.8 Å². The molecule has 4 rings (SSSR count). The van der Waals surface area contributed by atoms with Gasteiger partial charge in [0.15, 0.2) is 0 Å². The van der Waals surface area contributed by atoms with Gasteiger partial charge in [-0.2, -0.15) is 5.26 Å². The van der Waals surface area contributed by atoms with Gasteiger partial charge in [0.25, 0.3) is 11.5 Å². The summed E-state index contributed by atoms with van der Waals surface area (Å²) in [5, 5.41) is 17.9. The van der Waals surface area contributed by atoms with Crippen LogP contribution in [0, 0.1) is 17.2 Å². The van der Waals surface area contributed by atoms with Crippen LogP contribution in [0.4, 0.5) is 0 Å². The highest BCUT2D eigenvalue weighted by molar-refractivity contribution is 5.96. The Morgan fingerprint density at radius 3 is 2.70 bits per heavy atom. The Labute approximate surface area is 173 Å². The summed E-state index contributed by atoms with van der Waals surface area (Å²) in [5.74, 6) is 0.315. The molecule has 3 heterocycles. The lowest BCUT2D eigenvalue weighted by atomic mass is 10.0. The fraction of sp³-hybridized carbons (Fsp3) is 0.318. The Hall–Kier alpha value is -3.57. The molecule has 2 aromatic rings. The van der Waals surface area contributed by atoms with Gasteiger partial charge in [-0.15, -0.1) is 0 Å². The van der Waals surface area contributed by atoms with Crippen LogP contribution < -0.4 is 16.2 Å². The molecule has 0 radical (unpaired) electrons. The lowest BCUT2D eigenvalue weighted by Gasteiger charge is -2.23. The van der Waals surface area contributed by atoms with Gasteiger partial charge in [-0.3, -0.25) is 14.7 Å². The Balaban J connectivity index is 1.39. The van der Waals surface area contributed by atoms with Crippen LogP contribution >= 0.6 is 0 Å². The van der Waals surface area contributed by atoms with Crippen molar-refractivity contribution in [2.24, 2.45) is 5.92 Å². The molecule has 1 atom stereocenters. The molecule has 1 aromatic heterocycles. The molecular formula is C22H23N5O3. The quantitative estimate of drug-likeness (QED) is 0.702. The first-order chi connectivity index (χ1) is 14.7. The summed E-state index contributed by atoms with van der Waals surface area (Å²) in [6, 6.07) is 8.92. The van der Waals surface area contributed by atoms with Gasteiger partial charge in [-0.1, -0.05) is 12.1 Å². The van der Waals surface area contributed by atoms with Crippen LogP contribution in [0.1, 0.15) is 24.6 Å². The number of hydrogen-bond donors (Lipinski definition) is 3. The summed E-state index contributed by atoms with van der Waals surface area (Å²) in [6.07, 6.45) is 8.26. The maximum Gasteiger partial charge on any atom is 0.276 e. The van der Waals surface area contributed by atoms with E-state index in [0.717, 1.165) is 31.6 Å². The van der Waals surface area contributed by atoms with E-state index < -0.39 is 6.17 Å². The number of dihydropyridines is 1. The van der Waals surface area contributed by atoms with Crippen LogP contribution in [0.2, 0.25) is 0 Å². The van der Waals surface area contributed by atoms with Crippen LogP contribution in [0.5, 0.6) is 0 Å². The fourth-order valence-corrected chi connectivity index (χ4v) is 3.59. The first kappa shape index (κ1) is 19.7. The zero-order chi connectivity index (χ0) is 20.9. The average Bonchev–Trinajstić information content (AvgIpc) is 3.19. The summed E-state index contributed by atoms with van der Waals surface area (Å²) in [7, 11) is 0. The number of carbonyl (C=O) groups excluding carboxylic acids is 1. The third-order valence-corrected chi connectivity index (χ3v) is 5.42. The molecule has 154 valence electrons. The monoisotopic (exact) mass is 405 g/mol. The van der Waals surface area contributed by atoms with Crippen molar-refractivity contribution in [1.82, 2.24) is 20.4 Å². The summed E-state index contributed by atoms with van der Waals surface area (Å²) < 4.78 is 6.79. The standard InChI is InChI=1S/C22H23N5O3/c23-11-15-1-3-17(4-2-15)19-14-26-27(22(19)29)20-6-5-18(13-24-20)21(28)25-12-16-7-9-30-10-8-16/h1-6,13-14,16,20,24,26H,7-10,12H2,(H,25,28). The minimum absolute atomic E-state index is 0.138. The number of benzene rings is 1. The third kappa shape index (κ3) is 4.21. The number of ether oxygens (including phenoxy) is 1. The van der Waals surface area contributed by atoms with Crippen molar-refractivity contribution < 1.29 is 9.53 Å². The molecule has 8 nitrogen and oxygen atoms in total. The largest absolute Gasteiger partial charge is 0.381 e. The summed E-state index contributed by atoms with van der Waals surface area (Å²) in [5.41, 5.74) is 2.11. The van der Waals surface area contributed by atoms with Crippen molar-refractivity contribution in [1.29, 1.82) is 5.26 Å². The summed E-state index contributed by atoms with van der Waals surface area (Å²) in [6.45, 7) is 2.14. The van der Waals surface area contributed by atoms with Gasteiger partial charge >= 0.3 is 0 Å². The van der Waals surface area contributed by atoms with Gasteiger partial charge in [-0.05, 0) is 48.6 Å². The second-order valence-electron chi connectivity index (χ2n) is 7.39. The molecule has 1 amide bonds. The number of amides is 1. The van der Waals surface area contributed by atoms with Gasteiger partial charge in [0.2, 0.25) is 0 Å². The van der Waals surface area contributed by atoms with Gasteiger partial charge in [0.1, 0.15) is 6.17 Å². The molecule has 0 aliphatic carbocycles. The number of aromatic amines is 1. The predicted molar refractivity (Wildman–Crippen MR) is 111 cm³/mol. The molecule has 1 saturated heterocycles. The van der Waals surface area contributed by atoms with E-state index in [9.17, 15) is 9.59 Å². The van der Waals surface area contributed by atoms with Crippen molar-refractivity contribution in [3.63, 3.8) is 0 Å². The minimum Gasteiger partial charge on any atom is -0.381 e. The fourth-order valence-electron chi connectivity index (χ4n) is 3.59. The third-order valence-electron chi connectivity index (χ3n) is 5.42. The number of hydrogen-bond acceptors (Lipinski definition) is 5. The zero-order valence-electron chi connectivity index (χ0n) is 16.4. The van der Waals surface area contributed by atoms with E-state index >= 15 is 0 Å². The SMILES string of the molecule is N#Cc1ccc(-c2c[nH]n(C3C=CC(C(=O)NCC4CCOCC4)=CN3)c2=O)cc1. The van der Waals surface area contributed by atoms with Crippen LogP contribution in [-0.4, -0.2) is 35.4 Å². The first-order valence-electron chi connectivity index (χ1n) is 9.96. The number of H-pyrrole nitrogens is 1. The zero-order valence-corrected chi connectivity index (χ0v) is 16.4. The minimum atomic E-state index is -0.420. The molecule has 1 unspecified atom stereocenters. The maximum atomic E-state index is 12.8. The molecule has 0 bridgehead atoms. The van der Waals surface area contributed by atoms with E-state index in [1.165, 1.54) is 4.68 Å². The van der Waals surface area contributed by atoms with Crippen molar-refractivity contribution >= 4 is 5.91 Å². The van der Waals surface area contributed by atoms with Crippen molar-refractivity contribution in [3.8, 4) is 17.2 Å². The Bertz CT molecular complexity index is 1070. The second-order valence-corrected chi connectivity index (χ2v) is 7.39. The molecule has 1 aromatic carbocycles. The normalized spacial score (nSPS) is 18.9. The van der Waals surface area contributed by atoms with E-state index in [-0.39, 0.29) is 11.5 Å². The highest BCUT2D eigenvalue weighted by Crippen LogP contribution is 2.18. The molecule has 30 heavy (non-hydrogen) atoms. The van der Waals surface area contributed by atoms with E-state index in [2.05, 4.69) is 21.8 Å². The maximum absolute atomic E-state index is 12.8. The molecule has 8 heteroatoms. The van der Waals surface area contributed by atoms with Crippen LogP contribution in [0.15, 0.2) is 59.2 Å². The van der Waals surface area contributed by atoms with Gasteiger partial charge in [0, 0.05) is 32.2 Å². The molecule has 0 saturated carbocycles. The smallest absolute Gasteiger partial charge is 0.276 e. The topological polar surface area (TPSA) is 112 Å². The molecule has 0 spiro atoms. The van der Waals surface area contributed by atoms with Crippen LogP contribution in [-0.2, 0) is 9.53 Å². The molecule has 2 aliphatic rings. The number of nitrogens with one attached hydrogen (secondary N) is 3. The van der Waals surface area contributed by atoms with Crippen LogP contribution in [0.25, 0.3) is 11.1 Å². The number of nitrogens with zero attached hydrogens (tertiary/aromatic N) is 2. The molecule has 3 N–H and O–H groups in total. The van der Waals surface area contributed by atoms with E-state index in [0.29, 0.717) is 29.2 Å². The highest BCUT2D eigenvalue weighted by Gasteiger charge is 2.19. The lowest BCUT2D eigenvalue weighted by Crippen LogP contribution is -2.35. The predicted octanol–water partition coefficient (Wildman–Crippen LogP) is 1.80. The summed E-state index contributed by atoms with van der Waals surface area (Å²) in [4.78, 5) is 25.2. The van der Waals surface area contributed by atoms with Gasteiger partial charge in [-0.25, -0.2) is 4.68 Å². The molecule has 2 aliphatic heterocycles. The van der Waals surface area contributed by atoms with Crippen molar-refractivity contribution in [3.05, 3.63) is 70.3 Å². The number of carbonyl (C=O) groups is 1. The number of aromatic nitrogens is 2. The second kappa shape index (κ2) is 8.84. The van der Waals surface area contributed by atoms with Crippen molar-refractivity contribution in [2.75, 3.05) is 19.8 Å². The Kier molecular flexibility index (Phi) is 5.82. The Morgan fingerprint density at radius 2 is 2.03 bits per heavy atom.